The first-order chi connectivity index (χ1) is 7.50. The van der Waals surface area contributed by atoms with Crippen molar-refractivity contribution in [2.75, 3.05) is 6.61 Å². The van der Waals surface area contributed by atoms with E-state index in [1.54, 1.807) is 6.92 Å². The summed E-state index contributed by atoms with van der Waals surface area (Å²) in [5.74, 6) is -0.960. The number of rotatable bonds is 4. The van der Waals surface area contributed by atoms with Crippen LogP contribution in [-0.2, 0) is 19.1 Å². The molecule has 0 spiro atoms. The Morgan fingerprint density at radius 1 is 1.38 bits per heavy atom. The molecule has 4 nitrogen and oxygen atoms in total. The van der Waals surface area contributed by atoms with Gasteiger partial charge in [-0.2, -0.15) is 0 Å². The van der Waals surface area contributed by atoms with Crippen molar-refractivity contribution in [2.24, 2.45) is 0 Å². The molecule has 16 heavy (non-hydrogen) atoms. The Kier molecular flexibility index (Phi) is 4.47. The van der Waals surface area contributed by atoms with E-state index in [1.165, 1.54) is 0 Å². The summed E-state index contributed by atoms with van der Waals surface area (Å²) in [6.07, 6.45) is 1.25. The predicted octanol–water partition coefficient (Wildman–Crippen LogP) is 1.63. The van der Waals surface area contributed by atoms with E-state index in [4.69, 9.17) is 16.3 Å². The molecule has 5 heteroatoms. The van der Waals surface area contributed by atoms with Crippen molar-refractivity contribution in [3.05, 3.63) is 0 Å². The van der Waals surface area contributed by atoms with Crippen molar-refractivity contribution in [1.29, 1.82) is 0 Å². The molecule has 0 saturated heterocycles. The van der Waals surface area contributed by atoms with Crippen LogP contribution in [0.5, 0.6) is 0 Å². The average Bonchev–Trinajstić information content (AvgIpc) is 2.24. The molecule has 1 saturated carbocycles. The van der Waals surface area contributed by atoms with E-state index in [-0.39, 0.29) is 31.0 Å². The normalized spacial score (nSPS) is 19.6. The lowest BCUT2D eigenvalue weighted by molar-refractivity contribution is -0.143. The third-order valence-electron chi connectivity index (χ3n) is 2.67. The van der Waals surface area contributed by atoms with Crippen molar-refractivity contribution in [2.45, 2.75) is 43.9 Å². The van der Waals surface area contributed by atoms with Crippen molar-refractivity contribution in [3.8, 4) is 0 Å². The first-order valence-electron chi connectivity index (χ1n) is 5.42. The van der Waals surface area contributed by atoms with E-state index in [9.17, 15) is 14.4 Å². The van der Waals surface area contributed by atoms with Gasteiger partial charge in [-0.3, -0.25) is 14.4 Å². The first-order valence-corrected chi connectivity index (χ1v) is 5.79. The largest absolute Gasteiger partial charge is 0.466 e. The van der Waals surface area contributed by atoms with Crippen LogP contribution in [0.4, 0.5) is 0 Å². The predicted molar refractivity (Wildman–Crippen MR) is 58.3 cm³/mol. The molecule has 0 amide bonds. The molecule has 1 aliphatic carbocycles. The molecule has 0 radical (unpaired) electrons. The second-order valence-electron chi connectivity index (χ2n) is 3.81. The Morgan fingerprint density at radius 2 is 1.94 bits per heavy atom. The van der Waals surface area contributed by atoms with Crippen molar-refractivity contribution >= 4 is 29.1 Å². The van der Waals surface area contributed by atoms with Crippen LogP contribution in [-0.4, -0.2) is 29.0 Å². The number of halogens is 1. The number of Topliss-reactive ketones (excluding diaryl/α,β-unsaturated/α-hetero) is 2. The SMILES string of the molecule is CCOC(=O)CCC1(Cl)C(=O)CCCC1=O. The van der Waals surface area contributed by atoms with E-state index in [0.717, 1.165) is 0 Å². The molecule has 0 aromatic rings. The summed E-state index contributed by atoms with van der Waals surface area (Å²) in [4.78, 5) is 32.8. The second-order valence-corrected chi connectivity index (χ2v) is 4.45. The Labute approximate surface area is 99.3 Å². The molecular formula is C11H15ClO4. The minimum atomic E-state index is -1.48. The lowest BCUT2D eigenvalue weighted by Gasteiger charge is -2.27. The van der Waals surface area contributed by atoms with Gasteiger partial charge < -0.3 is 4.74 Å². The topological polar surface area (TPSA) is 60.4 Å². The molecule has 1 aliphatic rings. The number of esters is 1. The van der Waals surface area contributed by atoms with E-state index < -0.39 is 10.8 Å². The van der Waals surface area contributed by atoms with Crippen LogP contribution in [0.15, 0.2) is 0 Å². The highest BCUT2D eigenvalue weighted by Gasteiger charge is 2.45. The molecule has 90 valence electrons. The average molecular weight is 247 g/mol. The zero-order valence-corrected chi connectivity index (χ0v) is 10.0. The molecule has 0 unspecified atom stereocenters. The Balaban J connectivity index is 2.58. The standard InChI is InChI=1S/C11H15ClO4/c1-2-16-10(15)6-7-11(12)8(13)4-3-5-9(11)14/h2-7H2,1H3. The highest BCUT2D eigenvalue weighted by atomic mass is 35.5. The van der Waals surface area contributed by atoms with Crippen molar-refractivity contribution in [1.82, 2.24) is 0 Å². The van der Waals surface area contributed by atoms with E-state index in [0.29, 0.717) is 19.3 Å². The van der Waals surface area contributed by atoms with Gasteiger partial charge in [0.15, 0.2) is 16.4 Å². The summed E-state index contributed by atoms with van der Waals surface area (Å²) < 4.78 is 4.73. The van der Waals surface area contributed by atoms with Gasteiger partial charge in [-0.15, -0.1) is 11.6 Å². The Morgan fingerprint density at radius 3 is 2.44 bits per heavy atom. The summed E-state index contributed by atoms with van der Waals surface area (Å²) in [7, 11) is 0. The Bertz CT molecular complexity index is 295. The monoisotopic (exact) mass is 246 g/mol. The minimum absolute atomic E-state index is 0.00875. The van der Waals surface area contributed by atoms with Gasteiger partial charge in [0.2, 0.25) is 0 Å². The van der Waals surface area contributed by atoms with Crippen molar-refractivity contribution in [3.63, 3.8) is 0 Å². The number of hydrogen-bond donors (Lipinski definition) is 0. The fraction of sp³-hybridized carbons (Fsp3) is 0.727. The highest BCUT2D eigenvalue weighted by molar-refractivity contribution is 6.47. The van der Waals surface area contributed by atoms with E-state index in [2.05, 4.69) is 0 Å². The van der Waals surface area contributed by atoms with Crippen LogP contribution >= 0.6 is 11.6 Å². The summed E-state index contributed by atoms with van der Waals surface area (Å²) in [6, 6.07) is 0. The van der Waals surface area contributed by atoms with Crippen LogP contribution in [0.2, 0.25) is 0 Å². The van der Waals surface area contributed by atoms with Gasteiger partial charge in [0, 0.05) is 19.3 Å². The second kappa shape index (κ2) is 5.43. The van der Waals surface area contributed by atoms with Gasteiger partial charge in [-0.1, -0.05) is 0 Å². The molecule has 0 N–H and O–H groups in total. The zero-order valence-electron chi connectivity index (χ0n) is 9.25. The molecule has 0 bridgehead atoms. The molecule has 0 heterocycles. The lowest BCUT2D eigenvalue weighted by Crippen LogP contribution is -2.44. The molecule has 0 aliphatic heterocycles. The van der Waals surface area contributed by atoms with Gasteiger partial charge >= 0.3 is 5.97 Å². The number of hydrogen-bond acceptors (Lipinski definition) is 4. The molecule has 1 rings (SSSR count). The maximum atomic E-state index is 11.6. The fourth-order valence-electron chi connectivity index (χ4n) is 1.75. The maximum absolute atomic E-state index is 11.6. The molecule has 0 aromatic heterocycles. The van der Waals surface area contributed by atoms with E-state index in [1.807, 2.05) is 0 Å². The van der Waals surface area contributed by atoms with Crippen LogP contribution in [0.1, 0.15) is 39.0 Å². The number of alkyl halides is 1. The van der Waals surface area contributed by atoms with Gasteiger partial charge in [0.1, 0.15) is 0 Å². The summed E-state index contributed by atoms with van der Waals surface area (Å²) >= 11 is 6.01. The fourth-order valence-corrected chi connectivity index (χ4v) is 2.03. The first kappa shape index (κ1) is 13.2. The molecule has 0 atom stereocenters. The van der Waals surface area contributed by atoms with Crippen LogP contribution in [0.25, 0.3) is 0 Å². The summed E-state index contributed by atoms with van der Waals surface area (Å²) in [6.45, 7) is 1.99. The van der Waals surface area contributed by atoms with E-state index >= 15 is 0 Å². The van der Waals surface area contributed by atoms with Gasteiger partial charge in [-0.05, 0) is 19.8 Å². The minimum Gasteiger partial charge on any atom is -0.466 e. The Hall–Kier alpha value is -0.900. The van der Waals surface area contributed by atoms with Gasteiger partial charge in [0.25, 0.3) is 0 Å². The highest BCUT2D eigenvalue weighted by Crippen LogP contribution is 2.32. The zero-order chi connectivity index (χ0) is 12.2. The van der Waals surface area contributed by atoms with Gasteiger partial charge in [0.05, 0.1) is 6.61 Å². The lowest BCUT2D eigenvalue weighted by atomic mass is 9.83. The number of carbonyl (C=O) groups excluding carboxylic acids is 3. The van der Waals surface area contributed by atoms with Crippen LogP contribution in [0, 0.1) is 0 Å². The van der Waals surface area contributed by atoms with Crippen molar-refractivity contribution < 1.29 is 19.1 Å². The summed E-state index contributed by atoms with van der Waals surface area (Å²) in [5.41, 5.74) is 0. The molecular weight excluding hydrogens is 232 g/mol. The smallest absolute Gasteiger partial charge is 0.305 e. The summed E-state index contributed by atoms with van der Waals surface area (Å²) in [5, 5.41) is 0. The maximum Gasteiger partial charge on any atom is 0.305 e. The molecule has 1 fully saturated rings. The molecule has 0 aromatic carbocycles. The number of ketones is 2. The van der Waals surface area contributed by atoms with Crippen LogP contribution in [0.3, 0.4) is 0 Å². The third kappa shape index (κ3) is 2.82. The number of carbonyl (C=O) groups is 3. The quantitative estimate of drug-likeness (QED) is 0.430. The van der Waals surface area contributed by atoms with Gasteiger partial charge in [-0.25, -0.2) is 0 Å². The number of ether oxygens (including phenoxy) is 1. The third-order valence-corrected chi connectivity index (χ3v) is 3.28. The van der Waals surface area contributed by atoms with Crippen LogP contribution < -0.4 is 0 Å².